The minimum absolute atomic E-state index is 0.0913. The number of unbranched alkanes of at least 4 members (excludes halogenated alkanes) is 2. The Bertz CT molecular complexity index is 932. The summed E-state index contributed by atoms with van der Waals surface area (Å²) in [5.74, 6) is -1.93. The summed E-state index contributed by atoms with van der Waals surface area (Å²) in [6, 6.07) is 4.18. The minimum atomic E-state index is -1.81. The van der Waals surface area contributed by atoms with Crippen LogP contribution in [-0.4, -0.2) is 54.2 Å². The molecule has 1 aromatic carbocycles. The number of benzene rings is 1. The van der Waals surface area contributed by atoms with Crippen molar-refractivity contribution in [3.05, 3.63) is 23.8 Å². The van der Waals surface area contributed by atoms with E-state index < -0.39 is 35.9 Å². The van der Waals surface area contributed by atoms with Gasteiger partial charge in [0.05, 0.1) is 13.2 Å². The molecule has 0 saturated carbocycles. The smallest absolute Gasteiger partial charge is 0.480 e. The quantitative estimate of drug-likeness (QED) is 0.126. The summed E-state index contributed by atoms with van der Waals surface area (Å²) < 4.78 is 25.8. The Balaban J connectivity index is 3.11. The fraction of sp³-hybridized carbons (Fsp3) is 0.630. The lowest BCUT2D eigenvalue weighted by atomic mass is 9.86. The van der Waals surface area contributed by atoms with Crippen molar-refractivity contribution in [2.75, 3.05) is 13.2 Å². The van der Waals surface area contributed by atoms with Crippen LogP contribution in [0.2, 0.25) is 0 Å². The van der Waals surface area contributed by atoms with Gasteiger partial charge >= 0.3 is 24.2 Å². The average Bonchev–Trinajstić information content (AvgIpc) is 2.80. The molecule has 1 rings (SSSR count). The molecule has 0 aliphatic carbocycles. The van der Waals surface area contributed by atoms with Crippen LogP contribution in [0.1, 0.15) is 78.7 Å². The Morgan fingerprint density at radius 2 is 1.47 bits per heavy atom. The number of hydrogen-bond donors (Lipinski definition) is 2. The van der Waals surface area contributed by atoms with Crippen molar-refractivity contribution >= 4 is 24.2 Å². The molecule has 0 amide bonds. The van der Waals surface area contributed by atoms with Gasteiger partial charge in [-0.2, -0.15) is 0 Å². The van der Waals surface area contributed by atoms with Gasteiger partial charge in [0.1, 0.15) is 11.6 Å². The van der Waals surface area contributed by atoms with Crippen molar-refractivity contribution < 1.29 is 48.0 Å². The van der Waals surface area contributed by atoms with Crippen LogP contribution in [0.4, 0.5) is 9.59 Å². The minimum Gasteiger partial charge on any atom is -0.480 e. The van der Waals surface area contributed by atoms with Gasteiger partial charge in [0.25, 0.3) is 0 Å². The molecule has 214 valence electrons. The third-order valence-electron chi connectivity index (χ3n) is 5.34. The van der Waals surface area contributed by atoms with E-state index in [0.717, 1.165) is 12.8 Å². The number of esters is 1. The lowest BCUT2D eigenvalue weighted by Gasteiger charge is -2.28. The van der Waals surface area contributed by atoms with Gasteiger partial charge in [-0.15, -0.1) is 0 Å². The molecule has 38 heavy (non-hydrogen) atoms. The number of hydrogen-bond acceptors (Lipinski definition) is 10. The zero-order valence-corrected chi connectivity index (χ0v) is 22.9. The second-order valence-corrected chi connectivity index (χ2v) is 9.63. The van der Waals surface area contributed by atoms with Gasteiger partial charge in [-0.05, 0) is 43.4 Å². The van der Waals surface area contributed by atoms with E-state index in [1.165, 1.54) is 18.2 Å². The SMILES string of the molecule is CCCCOC(=O)Oc1ccc(C[C@](N)(C[C@H](C)OC(=O)CC(C)C)C(=O)O)cc1OC(=O)OCCCC. The Morgan fingerprint density at radius 1 is 0.921 bits per heavy atom. The number of carbonyl (C=O) groups is 4. The first-order chi connectivity index (χ1) is 17.9. The highest BCUT2D eigenvalue weighted by Gasteiger charge is 2.37. The highest BCUT2D eigenvalue weighted by molar-refractivity contribution is 5.79. The van der Waals surface area contributed by atoms with Gasteiger partial charge in [-0.25, -0.2) is 9.59 Å². The maximum Gasteiger partial charge on any atom is 0.513 e. The molecular weight excluding hydrogens is 498 g/mol. The van der Waals surface area contributed by atoms with Crippen molar-refractivity contribution in [3.8, 4) is 11.5 Å². The predicted molar refractivity (Wildman–Crippen MR) is 138 cm³/mol. The Hall–Kier alpha value is -3.34. The van der Waals surface area contributed by atoms with Crippen molar-refractivity contribution in [1.29, 1.82) is 0 Å². The summed E-state index contributed by atoms with van der Waals surface area (Å²) in [5.41, 5.74) is 4.81. The number of rotatable bonds is 16. The van der Waals surface area contributed by atoms with E-state index in [-0.39, 0.29) is 49.9 Å². The molecule has 0 aliphatic rings. The lowest BCUT2D eigenvalue weighted by Crippen LogP contribution is -2.52. The van der Waals surface area contributed by atoms with Crippen LogP contribution < -0.4 is 15.2 Å². The third kappa shape index (κ3) is 12.3. The number of aliphatic carboxylic acids is 1. The first-order valence-electron chi connectivity index (χ1n) is 12.9. The molecular formula is C27H41NO10. The normalized spacial score (nSPS) is 13.2. The van der Waals surface area contributed by atoms with Gasteiger partial charge in [0, 0.05) is 19.3 Å². The molecule has 0 unspecified atom stereocenters. The van der Waals surface area contributed by atoms with Crippen molar-refractivity contribution in [2.24, 2.45) is 11.7 Å². The van der Waals surface area contributed by atoms with E-state index in [9.17, 15) is 24.3 Å². The van der Waals surface area contributed by atoms with Crippen molar-refractivity contribution in [1.82, 2.24) is 0 Å². The van der Waals surface area contributed by atoms with Crippen LogP contribution in [0.5, 0.6) is 11.5 Å². The molecule has 1 aromatic rings. The molecule has 0 bridgehead atoms. The summed E-state index contributed by atoms with van der Waals surface area (Å²) in [4.78, 5) is 48.4. The number of nitrogens with two attached hydrogens (primary N) is 1. The molecule has 0 aromatic heterocycles. The molecule has 11 nitrogen and oxygen atoms in total. The Morgan fingerprint density at radius 3 is 1.97 bits per heavy atom. The first kappa shape index (κ1) is 32.7. The van der Waals surface area contributed by atoms with Gasteiger partial charge in [0.2, 0.25) is 0 Å². The molecule has 0 fully saturated rings. The fourth-order valence-electron chi connectivity index (χ4n) is 3.42. The summed E-state index contributed by atoms with van der Waals surface area (Å²) >= 11 is 0. The van der Waals surface area contributed by atoms with Crippen LogP contribution in [0.15, 0.2) is 18.2 Å². The summed E-state index contributed by atoms with van der Waals surface area (Å²) in [6.07, 6.45) is 0.00378. The van der Waals surface area contributed by atoms with Crippen LogP contribution in [0, 0.1) is 5.92 Å². The van der Waals surface area contributed by atoms with Gasteiger partial charge in [-0.3, -0.25) is 9.59 Å². The highest BCUT2D eigenvalue weighted by atomic mass is 16.7. The van der Waals surface area contributed by atoms with E-state index in [1.54, 1.807) is 6.92 Å². The summed E-state index contributed by atoms with van der Waals surface area (Å²) in [7, 11) is 0. The number of ether oxygens (including phenoxy) is 5. The number of carbonyl (C=O) groups excluding carboxylic acids is 3. The van der Waals surface area contributed by atoms with Crippen molar-refractivity contribution in [3.63, 3.8) is 0 Å². The second kappa shape index (κ2) is 16.5. The summed E-state index contributed by atoms with van der Waals surface area (Å²) in [5, 5.41) is 9.88. The molecule has 0 spiro atoms. The average molecular weight is 540 g/mol. The van der Waals surface area contributed by atoms with Gasteiger partial charge in [-0.1, -0.05) is 46.6 Å². The molecule has 0 radical (unpaired) electrons. The fourth-order valence-corrected chi connectivity index (χ4v) is 3.42. The maximum atomic E-state index is 12.2. The first-order valence-corrected chi connectivity index (χ1v) is 12.9. The Labute approximate surface area is 223 Å². The largest absolute Gasteiger partial charge is 0.513 e. The monoisotopic (exact) mass is 539 g/mol. The third-order valence-corrected chi connectivity index (χ3v) is 5.34. The van der Waals surface area contributed by atoms with E-state index in [2.05, 4.69) is 0 Å². The highest BCUT2D eigenvalue weighted by Crippen LogP contribution is 2.31. The maximum absolute atomic E-state index is 12.2. The summed E-state index contributed by atoms with van der Waals surface area (Å²) in [6.45, 7) is 9.49. The molecule has 11 heteroatoms. The predicted octanol–water partition coefficient (Wildman–Crippen LogP) is 5.01. The standard InChI is InChI=1S/C27H41NO10/c1-6-8-12-34-25(32)37-21-11-10-20(15-22(21)38-26(33)35-13-9-7-2)17-27(28,24(30)31)16-19(5)36-23(29)14-18(3)4/h10-11,15,18-19H,6-9,12-14,16-17,28H2,1-5H3,(H,30,31)/t19-,27+/m0/s1. The number of carboxylic acid groups (broad SMARTS) is 1. The molecule has 0 aliphatic heterocycles. The molecule has 2 atom stereocenters. The molecule has 0 saturated heterocycles. The van der Waals surface area contributed by atoms with E-state index in [1.807, 2.05) is 27.7 Å². The topological polar surface area (TPSA) is 161 Å². The van der Waals surface area contributed by atoms with E-state index >= 15 is 0 Å². The van der Waals surface area contributed by atoms with Crippen molar-refractivity contribution in [2.45, 2.75) is 91.2 Å². The van der Waals surface area contributed by atoms with Gasteiger partial charge in [0.15, 0.2) is 11.5 Å². The zero-order chi connectivity index (χ0) is 28.7. The molecule has 3 N–H and O–H groups in total. The van der Waals surface area contributed by atoms with Crippen LogP contribution in [0.3, 0.4) is 0 Å². The molecule has 0 heterocycles. The van der Waals surface area contributed by atoms with Gasteiger partial charge < -0.3 is 34.5 Å². The second-order valence-electron chi connectivity index (χ2n) is 9.63. The van der Waals surface area contributed by atoms with Crippen LogP contribution in [-0.2, 0) is 30.2 Å². The van der Waals surface area contributed by atoms with Crippen LogP contribution in [0.25, 0.3) is 0 Å². The lowest BCUT2D eigenvalue weighted by molar-refractivity contribution is -0.154. The number of carboxylic acids is 1. The van der Waals surface area contributed by atoms with E-state index in [4.69, 9.17) is 29.4 Å². The van der Waals surface area contributed by atoms with E-state index in [0.29, 0.717) is 18.4 Å². The zero-order valence-electron chi connectivity index (χ0n) is 22.9. The van der Waals surface area contributed by atoms with Crippen LogP contribution >= 0.6 is 0 Å². The Kier molecular flexibility index (Phi) is 14.2.